The number of nitro groups is 1. The van der Waals surface area contributed by atoms with E-state index in [1.165, 1.54) is 6.07 Å². The van der Waals surface area contributed by atoms with E-state index in [1.54, 1.807) is 12.1 Å². The van der Waals surface area contributed by atoms with E-state index < -0.39 is 0 Å². The molecule has 15 heavy (non-hydrogen) atoms. The Bertz CT molecular complexity index is 388. The van der Waals surface area contributed by atoms with Crippen LogP contribution in [0.4, 0.5) is 5.69 Å². The van der Waals surface area contributed by atoms with Crippen LogP contribution < -0.4 is 0 Å². The van der Waals surface area contributed by atoms with Crippen LogP contribution in [0.3, 0.4) is 0 Å². The van der Waals surface area contributed by atoms with E-state index in [0.29, 0.717) is 10.6 Å². The summed E-state index contributed by atoms with van der Waals surface area (Å²) in [5.41, 5.74) is 0.453. The summed E-state index contributed by atoms with van der Waals surface area (Å²) in [6.45, 7) is 5.91. The minimum Gasteiger partial charge on any atom is -0.258 e. The normalized spacial score (nSPS) is 11.5. The van der Waals surface area contributed by atoms with Gasteiger partial charge in [-0.15, -0.1) is 0 Å². The van der Waals surface area contributed by atoms with Gasteiger partial charge in [0, 0.05) is 6.07 Å². The highest BCUT2D eigenvalue weighted by atomic mass is 35.5. The molecule has 0 radical (unpaired) electrons. The first-order valence-corrected chi connectivity index (χ1v) is 5.21. The van der Waals surface area contributed by atoms with Crippen molar-refractivity contribution >= 4 is 17.3 Å². The largest absolute Gasteiger partial charge is 0.274 e. The molecule has 0 saturated carbocycles. The molecule has 0 N–H and O–H groups in total. The number of hydrogen-bond donors (Lipinski definition) is 0. The van der Waals surface area contributed by atoms with Crippen molar-refractivity contribution in [2.75, 3.05) is 0 Å². The van der Waals surface area contributed by atoms with Crippen LogP contribution in [0.15, 0.2) is 18.2 Å². The highest BCUT2D eigenvalue weighted by Crippen LogP contribution is 2.38. The second kappa shape index (κ2) is 4.19. The Hall–Kier alpha value is -1.09. The fourth-order valence-electron chi connectivity index (χ4n) is 1.51. The van der Waals surface area contributed by atoms with E-state index >= 15 is 0 Å². The predicted octanol–water partition coefficient (Wildman–Crippen LogP) is 3.94. The third-order valence-electron chi connectivity index (χ3n) is 2.75. The SMILES string of the molecule is CCC(C)(C)c1c(Cl)cccc1[N+](=O)[O-]. The summed E-state index contributed by atoms with van der Waals surface area (Å²) in [7, 11) is 0. The molecule has 0 aliphatic heterocycles. The van der Waals surface area contributed by atoms with E-state index in [-0.39, 0.29) is 16.0 Å². The molecule has 3 nitrogen and oxygen atoms in total. The Morgan fingerprint density at radius 1 is 1.47 bits per heavy atom. The first-order chi connectivity index (χ1) is 6.90. The number of rotatable bonds is 3. The molecule has 0 amide bonds. The highest BCUT2D eigenvalue weighted by molar-refractivity contribution is 6.31. The van der Waals surface area contributed by atoms with Crippen LogP contribution in [0.2, 0.25) is 5.02 Å². The molecular formula is C11H14ClNO2. The molecule has 0 bridgehead atoms. The Labute approximate surface area is 94.2 Å². The maximum absolute atomic E-state index is 10.9. The molecule has 0 atom stereocenters. The van der Waals surface area contributed by atoms with Crippen LogP contribution in [-0.4, -0.2) is 4.92 Å². The summed E-state index contributed by atoms with van der Waals surface area (Å²) in [6.07, 6.45) is 0.803. The highest BCUT2D eigenvalue weighted by Gasteiger charge is 2.29. The topological polar surface area (TPSA) is 43.1 Å². The standard InChI is InChI=1S/C11H14ClNO2/c1-4-11(2,3)10-8(12)6-5-7-9(10)13(14)15/h5-7H,4H2,1-3H3. The average Bonchev–Trinajstić information content (AvgIpc) is 2.17. The Morgan fingerprint density at radius 3 is 2.53 bits per heavy atom. The summed E-state index contributed by atoms with van der Waals surface area (Å²) < 4.78 is 0. The molecule has 0 aromatic heterocycles. The lowest BCUT2D eigenvalue weighted by Gasteiger charge is -2.23. The van der Waals surface area contributed by atoms with Gasteiger partial charge in [-0.05, 0) is 17.9 Å². The summed E-state index contributed by atoms with van der Waals surface area (Å²) in [5.74, 6) is 0. The molecule has 0 aliphatic rings. The molecule has 0 aliphatic carbocycles. The van der Waals surface area contributed by atoms with Crippen molar-refractivity contribution < 1.29 is 4.92 Å². The van der Waals surface area contributed by atoms with Crippen molar-refractivity contribution in [1.82, 2.24) is 0 Å². The van der Waals surface area contributed by atoms with Crippen molar-refractivity contribution in [1.29, 1.82) is 0 Å². The van der Waals surface area contributed by atoms with Crippen LogP contribution in [-0.2, 0) is 5.41 Å². The van der Waals surface area contributed by atoms with Gasteiger partial charge < -0.3 is 0 Å². The molecular weight excluding hydrogens is 214 g/mol. The van der Waals surface area contributed by atoms with Crippen molar-refractivity contribution in [3.63, 3.8) is 0 Å². The van der Waals surface area contributed by atoms with Gasteiger partial charge in [-0.3, -0.25) is 10.1 Å². The van der Waals surface area contributed by atoms with Gasteiger partial charge in [-0.1, -0.05) is 38.4 Å². The maximum Gasteiger partial charge on any atom is 0.274 e. The van der Waals surface area contributed by atoms with Gasteiger partial charge in [-0.25, -0.2) is 0 Å². The molecule has 0 saturated heterocycles. The molecule has 1 aromatic carbocycles. The van der Waals surface area contributed by atoms with Gasteiger partial charge in [0.05, 0.1) is 15.5 Å². The smallest absolute Gasteiger partial charge is 0.258 e. The number of halogens is 1. The first-order valence-electron chi connectivity index (χ1n) is 4.83. The van der Waals surface area contributed by atoms with Gasteiger partial charge in [0.15, 0.2) is 0 Å². The molecule has 0 fully saturated rings. The first kappa shape index (κ1) is 12.0. The summed E-state index contributed by atoms with van der Waals surface area (Å²) in [4.78, 5) is 10.5. The minimum atomic E-state index is -0.376. The van der Waals surface area contributed by atoms with Gasteiger partial charge in [0.2, 0.25) is 0 Å². The molecule has 1 aromatic rings. The zero-order valence-corrected chi connectivity index (χ0v) is 9.84. The van der Waals surface area contributed by atoms with Gasteiger partial charge >= 0.3 is 0 Å². The zero-order chi connectivity index (χ0) is 11.6. The summed E-state index contributed by atoms with van der Waals surface area (Å²) >= 11 is 6.03. The second-order valence-electron chi connectivity index (χ2n) is 4.13. The lowest BCUT2D eigenvalue weighted by atomic mass is 9.81. The quantitative estimate of drug-likeness (QED) is 0.580. The Kier molecular flexibility index (Phi) is 3.35. The number of benzene rings is 1. The monoisotopic (exact) mass is 227 g/mol. The van der Waals surface area contributed by atoms with Crippen molar-refractivity contribution in [3.05, 3.63) is 38.9 Å². The predicted molar refractivity (Wildman–Crippen MR) is 61.4 cm³/mol. The number of nitro benzene ring substituents is 1. The summed E-state index contributed by atoms with van der Waals surface area (Å²) in [6, 6.07) is 4.80. The molecule has 0 heterocycles. The van der Waals surface area contributed by atoms with E-state index in [2.05, 4.69) is 0 Å². The van der Waals surface area contributed by atoms with E-state index in [0.717, 1.165) is 6.42 Å². The molecule has 0 spiro atoms. The van der Waals surface area contributed by atoms with Crippen molar-refractivity contribution in [2.24, 2.45) is 0 Å². The third-order valence-corrected chi connectivity index (χ3v) is 3.06. The minimum absolute atomic E-state index is 0.106. The third kappa shape index (κ3) is 2.29. The maximum atomic E-state index is 10.9. The van der Waals surface area contributed by atoms with Gasteiger partial charge in [0.1, 0.15) is 0 Å². The zero-order valence-electron chi connectivity index (χ0n) is 9.08. The van der Waals surface area contributed by atoms with Crippen LogP contribution in [0, 0.1) is 10.1 Å². The van der Waals surface area contributed by atoms with Crippen LogP contribution in [0.1, 0.15) is 32.8 Å². The molecule has 1 rings (SSSR count). The van der Waals surface area contributed by atoms with Gasteiger partial charge in [-0.2, -0.15) is 0 Å². The average molecular weight is 228 g/mol. The molecule has 82 valence electrons. The number of nitrogens with zero attached hydrogens (tertiary/aromatic N) is 1. The molecule has 4 heteroatoms. The summed E-state index contributed by atoms with van der Waals surface area (Å²) in [5, 5.41) is 11.4. The van der Waals surface area contributed by atoms with Crippen LogP contribution in [0.5, 0.6) is 0 Å². The fourth-order valence-corrected chi connectivity index (χ4v) is 1.94. The Morgan fingerprint density at radius 2 is 2.07 bits per heavy atom. The van der Waals surface area contributed by atoms with Crippen LogP contribution >= 0.6 is 11.6 Å². The fraction of sp³-hybridized carbons (Fsp3) is 0.455. The van der Waals surface area contributed by atoms with E-state index in [1.807, 2.05) is 20.8 Å². The lowest BCUT2D eigenvalue weighted by Crippen LogP contribution is -2.18. The van der Waals surface area contributed by atoms with Crippen LogP contribution in [0.25, 0.3) is 0 Å². The van der Waals surface area contributed by atoms with Gasteiger partial charge in [0.25, 0.3) is 5.69 Å². The van der Waals surface area contributed by atoms with E-state index in [9.17, 15) is 10.1 Å². The van der Waals surface area contributed by atoms with E-state index in [4.69, 9.17) is 11.6 Å². The molecule has 0 unspecified atom stereocenters. The van der Waals surface area contributed by atoms with Crippen molar-refractivity contribution in [3.8, 4) is 0 Å². The second-order valence-corrected chi connectivity index (χ2v) is 4.54. The number of hydrogen-bond acceptors (Lipinski definition) is 2. The lowest BCUT2D eigenvalue weighted by molar-refractivity contribution is -0.386. The Balaban J connectivity index is 3.44. The van der Waals surface area contributed by atoms with Crippen molar-refractivity contribution in [2.45, 2.75) is 32.6 Å².